The molecule has 1 heterocycles. The van der Waals surface area contributed by atoms with Crippen LogP contribution in [0.2, 0.25) is 0 Å². The van der Waals surface area contributed by atoms with Gasteiger partial charge in [-0.1, -0.05) is 6.07 Å². The Morgan fingerprint density at radius 2 is 1.75 bits per heavy atom. The molecule has 110 valence electrons. The van der Waals surface area contributed by atoms with Crippen LogP contribution in [0.4, 0.5) is 4.39 Å². The van der Waals surface area contributed by atoms with E-state index in [0.717, 1.165) is 5.52 Å². The van der Waals surface area contributed by atoms with Gasteiger partial charge in [0.05, 0.1) is 38.6 Å². The summed E-state index contributed by atoms with van der Waals surface area (Å²) in [6, 6.07) is 6.89. The normalized spacial score (nSPS) is 11.3. The standard InChI is InChI=1S/C15H20FNO3/c1-18-9-10-20-12-11-19-8-7-17-6-5-13-14(16)3-2-4-15(13)17/h2-6H,7-12H2,1H3. The van der Waals surface area contributed by atoms with E-state index >= 15 is 0 Å². The summed E-state index contributed by atoms with van der Waals surface area (Å²) in [7, 11) is 1.64. The third-order valence-corrected chi connectivity index (χ3v) is 3.04. The fourth-order valence-corrected chi connectivity index (χ4v) is 2.01. The molecule has 0 aliphatic heterocycles. The minimum atomic E-state index is -0.186. The summed E-state index contributed by atoms with van der Waals surface area (Å²) in [4.78, 5) is 0. The molecule has 0 atom stereocenters. The largest absolute Gasteiger partial charge is 0.382 e. The number of halogens is 1. The second kappa shape index (κ2) is 7.99. The molecule has 0 aliphatic carbocycles. The van der Waals surface area contributed by atoms with E-state index in [1.165, 1.54) is 6.07 Å². The second-order valence-corrected chi connectivity index (χ2v) is 4.40. The Hall–Kier alpha value is -1.43. The first-order valence-electron chi connectivity index (χ1n) is 6.70. The van der Waals surface area contributed by atoms with Crippen LogP contribution in [-0.4, -0.2) is 44.7 Å². The molecule has 20 heavy (non-hydrogen) atoms. The average Bonchev–Trinajstić information content (AvgIpc) is 2.87. The van der Waals surface area contributed by atoms with Crippen molar-refractivity contribution in [2.24, 2.45) is 0 Å². The molecule has 0 unspecified atom stereocenters. The number of hydrogen-bond donors (Lipinski definition) is 0. The number of methoxy groups -OCH3 is 1. The highest BCUT2D eigenvalue weighted by Gasteiger charge is 2.04. The lowest BCUT2D eigenvalue weighted by Gasteiger charge is -2.07. The smallest absolute Gasteiger partial charge is 0.132 e. The van der Waals surface area contributed by atoms with Gasteiger partial charge in [0.15, 0.2) is 0 Å². The maximum atomic E-state index is 13.5. The Morgan fingerprint density at radius 1 is 1.00 bits per heavy atom. The molecule has 0 saturated heterocycles. The lowest BCUT2D eigenvalue weighted by atomic mass is 10.2. The van der Waals surface area contributed by atoms with E-state index in [-0.39, 0.29) is 5.82 Å². The second-order valence-electron chi connectivity index (χ2n) is 4.40. The van der Waals surface area contributed by atoms with Gasteiger partial charge in [-0.25, -0.2) is 4.39 Å². The third kappa shape index (κ3) is 4.03. The van der Waals surface area contributed by atoms with Gasteiger partial charge in [-0.15, -0.1) is 0 Å². The molecule has 2 rings (SSSR count). The summed E-state index contributed by atoms with van der Waals surface area (Å²) >= 11 is 0. The summed E-state index contributed by atoms with van der Waals surface area (Å²) < 4.78 is 31.2. The predicted molar refractivity (Wildman–Crippen MR) is 75.4 cm³/mol. The SMILES string of the molecule is COCCOCCOCCn1ccc2c(F)cccc21. The van der Waals surface area contributed by atoms with Crippen molar-refractivity contribution in [1.82, 2.24) is 4.57 Å². The number of nitrogens with zero attached hydrogens (tertiary/aromatic N) is 1. The van der Waals surface area contributed by atoms with Crippen LogP contribution in [0.5, 0.6) is 0 Å². The monoisotopic (exact) mass is 281 g/mol. The molecule has 0 aliphatic rings. The van der Waals surface area contributed by atoms with Gasteiger partial charge in [-0.2, -0.15) is 0 Å². The van der Waals surface area contributed by atoms with E-state index in [4.69, 9.17) is 14.2 Å². The van der Waals surface area contributed by atoms with Gasteiger partial charge in [-0.3, -0.25) is 0 Å². The topological polar surface area (TPSA) is 32.6 Å². The summed E-state index contributed by atoms with van der Waals surface area (Å²) in [5, 5.41) is 0.649. The van der Waals surface area contributed by atoms with Crippen molar-refractivity contribution in [3.05, 3.63) is 36.3 Å². The van der Waals surface area contributed by atoms with Crippen molar-refractivity contribution < 1.29 is 18.6 Å². The van der Waals surface area contributed by atoms with E-state index in [0.29, 0.717) is 45.0 Å². The van der Waals surface area contributed by atoms with Crippen molar-refractivity contribution in [3.8, 4) is 0 Å². The first-order chi connectivity index (χ1) is 9.83. The van der Waals surface area contributed by atoms with Crippen LogP contribution in [0, 0.1) is 5.82 Å². The Balaban J connectivity index is 1.70. The molecule has 0 bridgehead atoms. The zero-order valence-corrected chi connectivity index (χ0v) is 11.7. The Labute approximate surface area is 118 Å². The van der Waals surface area contributed by atoms with Crippen LogP contribution >= 0.6 is 0 Å². The van der Waals surface area contributed by atoms with Gasteiger partial charge < -0.3 is 18.8 Å². The summed E-state index contributed by atoms with van der Waals surface area (Å²) in [6.07, 6.45) is 1.88. The van der Waals surface area contributed by atoms with Crippen LogP contribution in [0.1, 0.15) is 0 Å². The fraction of sp³-hybridized carbons (Fsp3) is 0.467. The number of hydrogen-bond acceptors (Lipinski definition) is 3. The average molecular weight is 281 g/mol. The van der Waals surface area contributed by atoms with Crippen molar-refractivity contribution in [2.45, 2.75) is 6.54 Å². The molecule has 0 saturated carbocycles. The molecule has 5 heteroatoms. The van der Waals surface area contributed by atoms with Crippen molar-refractivity contribution in [2.75, 3.05) is 40.1 Å². The molecule has 0 fully saturated rings. The fourth-order valence-electron chi connectivity index (χ4n) is 2.01. The minimum Gasteiger partial charge on any atom is -0.382 e. The highest BCUT2D eigenvalue weighted by atomic mass is 19.1. The predicted octanol–water partition coefficient (Wildman–Crippen LogP) is 2.46. The third-order valence-electron chi connectivity index (χ3n) is 3.04. The van der Waals surface area contributed by atoms with Crippen molar-refractivity contribution >= 4 is 10.9 Å². The van der Waals surface area contributed by atoms with Crippen LogP contribution < -0.4 is 0 Å². The molecule has 0 radical (unpaired) electrons. The first-order valence-corrected chi connectivity index (χ1v) is 6.70. The van der Waals surface area contributed by atoms with E-state index in [2.05, 4.69) is 0 Å². The van der Waals surface area contributed by atoms with Crippen molar-refractivity contribution in [3.63, 3.8) is 0 Å². The Kier molecular flexibility index (Phi) is 5.98. The molecule has 0 spiro atoms. The Morgan fingerprint density at radius 3 is 2.55 bits per heavy atom. The number of ether oxygens (including phenoxy) is 3. The maximum absolute atomic E-state index is 13.5. The van der Waals surface area contributed by atoms with Gasteiger partial charge in [-0.05, 0) is 18.2 Å². The molecule has 0 N–H and O–H groups in total. The molecular weight excluding hydrogens is 261 g/mol. The summed E-state index contributed by atoms with van der Waals surface area (Å²) in [5.41, 5.74) is 0.893. The maximum Gasteiger partial charge on any atom is 0.132 e. The number of benzene rings is 1. The highest BCUT2D eigenvalue weighted by molar-refractivity contribution is 5.80. The summed E-state index contributed by atoms with van der Waals surface area (Å²) in [6.45, 7) is 3.57. The lowest BCUT2D eigenvalue weighted by Crippen LogP contribution is -2.11. The zero-order valence-electron chi connectivity index (χ0n) is 11.7. The van der Waals surface area contributed by atoms with E-state index in [1.54, 1.807) is 19.2 Å². The molecule has 4 nitrogen and oxygen atoms in total. The quantitative estimate of drug-likeness (QED) is 0.662. The van der Waals surface area contributed by atoms with E-state index < -0.39 is 0 Å². The molecule has 1 aromatic heterocycles. The molecule has 1 aromatic carbocycles. The minimum absolute atomic E-state index is 0.186. The van der Waals surface area contributed by atoms with Crippen molar-refractivity contribution in [1.29, 1.82) is 0 Å². The molecule has 0 amide bonds. The molecule has 2 aromatic rings. The van der Waals surface area contributed by atoms with Gasteiger partial charge in [0.1, 0.15) is 5.82 Å². The number of fused-ring (bicyclic) bond motifs is 1. The molecular formula is C15H20FNO3. The van der Waals surface area contributed by atoms with E-state index in [9.17, 15) is 4.39 Å². The van der Waals surface area contributed by atoms with Crippen LogP contribution in [-0.2, 0) is 20.8 Å². The van der Waals surface area contributed by atoms with E-state index in [1.807, 2.05) is 16.8 Å². The van der Waals surface area contributed by atoms with Crippen LogP contribution in [0.3, 0.4) is 0 Å². The van der Waals surface area contributed by atoms with Gasteiger partial charge in [0, 0.05) is 25.2 Å². The number of rotatable bonds is 9. The lowest BCUT2D eigenvalue weighted by molar-refractivity contribution is 0.0232. The highest BCUT2D eigenvalue weighted by Crippen LogP contribution is 2.18. The first kappa shape index (κ1) is 15.0. The Bertz CT molecular complexity index is 527. The summed E-state index contributed by atoms with van der Waals surface area (Å²) in [5.74, 6) is -0.186. The van der Waals surface area contributed by atoms with Gasteiger partial charge in [0.2, 0.25) is 0 Å². The number of aromatic nitrogens is 1. The van der Waals surface area contributed by atoms with Crippen LogP contribution in [0.15, 0.2) is 30.5 Å². The van der Waals surface area contributed by atoms with Gasteiger partial charge in [0.25, 0.3) is 0 Å². The van der Waals surface area contributed by atoms with Gasteiger partial charge >= 0.3 is 0 Å². The van der Waals surface area contributed by atoms with Crippen LogP contribution in [0.25, 0.3) is 10.9 Å². The zero-order chi connectivity index (χ0) is 14.2.